The molecule has 2 atom stereocenters. The summed E-state index contributed by atoms with van der Waals surface area (Å²) in [6.45, 7) is 7.43. The largest absolute Gasteiger partial charge is 0.482 e. The van der Waals surface area contributed by atoms with Crippen molar-refractivity contribution in [1.29, 1.82) is 0 Å². The van der Waals surface area contributed by atoms with Crippen LogP contribution in [0.5, 0.6) is 5.75 Å². The molecule has 1 aliphatic heterocycles. The number of amides is 1. The van der Waals surface area contributed by atoms with Crippen LogP contribution in [0.15, 0.2) is 18.2 Å². The number of rotatable bonds is 4. The van der Waals surface area contributed by atoms with Crippen LogP contribution < -0.4 is 4.74 Å². The molecule has 0 aromatic heterocycles. The quantitative estimate of drug-likeness (QED) is 0.595. The Hall–Kier alpha value is -1.82. The summed E-state index contributed by atoms with van der Waals surface area (Å²) in [5.74, 6) is 0.232. The van der Waals surface area contributed by atoms with Gasteiger partial charge in [0.25, 0.3) is 11.6 Å². The van der Waals surface area contributed by atoms with Crippen LogP contribution in [-0.2, 0) is 4.79 Å². The molecule has 2 fully saturated rings. The van der Waals surface area contributed by atoms with E-state index in [0.717, 1.165) is 25.8 Å². The van der Waals surface area contributed by atoms with E-state index in [1.807, 2.05) is 4.90 Å². The van der Waals surface area contributed by atoms with E-state index in [1.54, 1.807) is 0 Å². The van der Waals surface area contributed by atoms with E-state index >= 15 is 0 Å². The number of carbonyl (C=O) groups excluding carboxylic acids is 1. The smallest absolute Gasteiger partial charge is 0.271 e. The lowest BCUT2D eigenvalue weighted by atomic mass is 9.65. The number of likely N-dealkylation sites (tertiary alicyclic amines) is 1. The molecule has 3 rings (SSSR count). The highest BCUT2D eigenvalue weighted by Crippen LogP contribution is 2.52. The van der Waals surface area contributed by atoms with Gasteiger partial charge in [-0.05, 0) is 36.2 Å². The molecular weight excluding hydrogens is 344 g/mol. The van der Waals surface area contributed by atoms with Gasteiger partial charge in [-0.15, -0.1) is 0 Å². The highest BCUT2D eigenvalue weighted by Gasteiger charge is 2.50. The summed E-state index contributed by atoms with van der Waals surface area (Å²) in [5.41, 5.74) is 0.314. The van der Waals surface area contributed by atoms with E-state index in [4.69, 9.17) is 16.3 Å². The second kappa shape index (κ2) is 6.16. The van der Waals surface area contributed by atoms with Gasteiger partial charge in [-0.2, -0.15) is 0 Å². The fourth-order valence-corrected chi connectivity index (χ4v) is 4.92. The van der Waals surface area contributed by atoms with Crippen LogP contribution in [0.2, 0.25) is 5.02 Å². The lowest BCUT2D eigenvalue weighted by molar-refractivity contribution is -0.384. The minimum Gasteiger partial charge on any atom is -0.482 e. The fourth-order valence-electron chi connectivity index (χ4n) is 4.69. The normalized spacial score (nSPS) is 27.2. The third-order valence-corrected chi connectivity index (χ3v) is 5.51. The van der Waals surface area contributed by atoms with Crippen LogP contribution in [0.25, 0.3) is 0 Å². The summed E-state index contributed by atoms with van der Waals surface area (Å²) in [7, 11) is 0. The lowest BCUT2D eigenvalue weighted by Crippen LogP contribution is -2.40. The zero-order chi connectivity index (χ0) is 18.4. The number of non-ortho nitro benzene ring substituents is 1. The first-order valence-electron chi connectivity index (χ1n) is 8.45. The lowest BCUT2D eigenvalue weighted by Gasteiger charge is -2.39. The molecule has 1 amide bonds. The van der Waals surface area contributed by atoms with Gasteiger partial charge in [0.05, 0.1) is 9.95 Å². The number of fused-ring (bicyclic) bond motifs is 2. The van der Waals surface area contributed by atoms with Crippen molar-refractivity contribution in [3.63, 3.8) is 0 Å². The van der Waals surface area contributed by atoms with Crippen LogP contribution in [0, 0.1) is 20.9 Å². The van der Waals surface area contributed by atoms with Crippen molar-refractivity contribution in [2.45, 2.75) is 46.1 Å². The van der Waals surface area contributed by atoms with Gasteiger partial charge in [0, 0.05) is 24.7 Å². The number of benzene rings is 1. The topological polar surface area (TPSA) is 72.7 Å². The maximum Gasteiger partial charge on any atom is 0.271 e. The Bertz CT molecular complexity index is 721. The fraction of sp³-hybridized carbons (Fsp3) is 0.611. The second-order valence-corrected chi connectivity index (χ2v) is 8.80. The van der Waals surface area contributed by atoms with Crippen LogP contribution in [0.4, 0.5) is 5.69 Å². The average Bonchev–Trinajstić information content (AvgIpc) is 2.74. The molecule has 6 nitrogen and oxygen atoms in total. The molecule has 7 heteroatoms. The SMILES string of the molecule is CC1(C)C[C@@H]2C[C@](C)(CN2C(=O)COc2ccc([N+](=O)[O-])cc2Cl)C1. The molecule has 1 aromatic rings. The average molecular weight is 367 g/mol. The molecule has 0 spiro atoms. The van der Waals surface area contributed by atoms with Gasteiger partial charge in [-0.3, -0.25) is 14.9 Å². The van der Waals surface area contributed by atoms with Gasteiger partial charge in [-0.25, -0.2) is 0 Å². The number of halogens is 1. The third kappa shape index (κ3) is 3.73. The van der Waals surface area contributed by atoms with Gasteiger partial charge in [-0.1, -0.05) is 32.4 Å². The third-order valence-electron chi connectivity index (χ3n) is 5.21. The van der Waals surface area contributed by atoms with Crippen LogP contribution >= 0.6 is 11.6 Å². The molecule has 1 aliphatic carbocycles. The number of hydrogen-bond donors (Lipinski definition) is 0. The summed E-state index contributed by atoms with van der Waals surface area (Å²) in [6.07, 6.45) is 3.17. The predicted octanol–water partition coefficient (Wildman–Crippen LogP) is 4.05. The monoisotopic (exact) mass is 366 g/mol. The molecule has 0 N–H and O–H groups in total. The Kier molecular flexibility index (Phi) is 4.43. The van der Waals surface area contributed by atoms with E-state index in [9.17, 15) is 14.9 Å². The molecule has 2 aliphatic rings. The van der Waals surface area contributed by atoms with Gasteiger partial charge < -0.3 is 9.64 Å². The Morgan fingerprint density at radius 2 is 2.12 bits per heavy atom. The van der Waals surface area contributed by atoms with Gasteiger partial charge in [0.15, 0.2) is 6.61 Å². The summed E-state index contributed by atoms with van der Waals surface area (Å²) in [6, 6.07) is 4.24. The molecule has 2 bridgehead atoms. The minimum atomic E-state index is -0.520. The highest BCUT2D eigenvalue weighted by atomic mass is 35.5. The first-order valence-corrected chi connectivity index (χ1v) is 8.83. The zero-order valence-electron chi connectivity index (χ0n) is 14.8. The van der Waals surface area contributed by atoms with Crippen molar-refractivity contribution < 1.29 is 14.5 Å². The second-order valence-electron chi connectivity index (χ2n) is 8.40. The molecule has 25 heavy (non-hydrogen) atoms. The summed E-state index contributed by atoms with van der Waals surface area (Å²) < 4.78 is 5.53. The maximum absolute atomic E-state index is 12.7. The van der Waals surface area contributed by atoms with Crippen molar-refractivity contribution >= 4 is 23.2 Å². The number of nitro benzene ring substituents is 1. The van der Waals surface area contributed by atoms with Gasteiger partial charge >= 0.3 is 0 Å². The highest BCUT2D eigenvalue weighted by molar-refractivity contribution is 6.32. The summed E-state index contributed by atoms with van der Waals surface area (Å²) in [4.78, 5) is 24.8. The van der Waals surface area contributed by atoms with E-state index in [0.29, 0.717) is 0 Å². The Morgan fingerprint density at radius 3 is 2.76 bits per heavy atom. The van der Waals surface area contributed by atoms with Crippen molar-refractivity contribution in [3.8, 4) is 5.75 Å². The first-order chi connectivity index (χ1) is 11.6. The Balaban J connectivity index is 1.65. The van der Waals surface area contributed by atoms with Gasteiger partial charge in [0.1, 0.15) is 5.75 Å². The number of hydrogen-bond acceptors (Lipinski definition) is 4. The molecule has 1 heterocycles. The number of carbonyl (C=O) groups is 1. The standard InChI is InChI=1S/C18H23ClN2O4/c1-17(2)7-13-8-18(3,10-17)11-20(13)16(22)9-25-15-5-4-12(21(23)24)6-14(15)19/h4-6,13H,7-11H2,1-3H3/t13-,18+/m1/s1. The number of ether oxygens (including phenoxy) is 1. The summed E-state index contributed by atoms with van der Waals surface area (Å²) >= 11 is 6.01. The molecule has 0 radical (unpaired) electrons. The van der Waals surface area contributed by atoms with E-state index in [1.165, 1.54) is 18.2 Å². The van der Waals surface area contributed by atoms with Crippen LogP contribution in [-0.4, -0.2) is 34.9 Å². The van der Waals surface area contributed by atoms with E-state index in [-0.39, 0.29) is 45.8 Å². The van der Waals surface area contributed by atoms with Crippen molar-refractivity contribution in [2.75, 3.05) is 13.2 Å². The molecule has 1 saturated heterocycles. The van der Waals surface area contributed by atoms with Crippen molar-refractivity contribution in [2.24, 2.45) is 10.8 Å². The molecular formula is C18H23ClN2O4. The van der Waals surface area contributed by atoms with Crippen LogP contribution in [0.3, 0.4) is 0 Å². The van der Waals surface area contributed by atoms with Crippen LogP contribution in [0.1, 0.15) is 40.0 Å². The number of nitro groups is 1. The Morgan fingerprint density at radius 1 is 1.40 bits per heavy atom. The Labute approximate surface area is 152 Å². The van der Waals surface area contributed by atoms with Crippen molar-refractivity contribution in [1.82, 2.24) is 4.90 Å². The van der Waals surface area contributed by atoms with Crippen molar-refractivity contribution in [3.05, 3.63) is 33.3 Å². The molecule has 1 aromatic carbocycles. The van der Waals surface area contributed by atoms with E-state index in [2.05, 4.69) is 20.8 Å². The van der Waals surface area contributed by atoms with Gasteiger partial charge in [0.2, 0.25) is 0 Å². The zero-order valence-corrected chi connectivity index (χ0v) is 15.5. The summed E-state index contributed by atoms with van der Waals surface area (Å²) in [5, 5.41) is 10.9. The predicted molar refractivity (Wildman–Crippen MR) is 94.8 cm³/mol. The van der Waals surface area contributed by atoms with E-state index < -0.39 is 4.92 Å². The molecule has 1 saturated carbocycles. The maximum atomic E-state index is 12.7. The molecule has 0 unspecified atom stereocenters. The first kappa shape index (κ1) is 18.0. The number of nitrogens with zero attached hydrogens (tertiary/aromatic N) is 2. The minimum absolute atomic E-state index is 0.0548. The molecule has 136 valence electrons.